The van der Waals surface area contributed by atoms with Crippen LogP contribution in [0.1, 0.15) is 19.0 Å². The molecule has 0 aliphatic heterocycles. The number of hydrogen-bond acceptors (Lipinski definition) is 5. The predicted molar refractivity (Wildman–Crippen MR) is 71.6 cm³/mol. The number of aromatic amines is 1. The van der Waals surface area contributed by atoms with Gasteiger partial charge in [0.15, 0.2) is 0 Å². The lowest BCUT2D eigenvalue weighted by atomic mass is 10.3. The summed E-state index contributed by atoms with van der Waals surface area (Å²) in [6.45, 7) is 1.72. The van der Waals surface area contributed by atoms with Crippen molar-refractivity contribution in [3.63, 3.8) is 0 Å². The average molecular weight is 295 g/mol. The van der Waals surface area contributed by atoms with Crippen molar-refractivity contribution in [2.75, 3.05) is 0 Å². The van der Waals surface area contributed by atoms with E-state index in [9.17, 15) is 13.2 Å². The summed E-state index contributed by atoms with van der Waals surface area (Å²) in [4.78, 5) is 13.1. The minimum atomic E-state index is -3.59. The van der Waals surface area contributed by atoms with Crippen LogP contribution in [0.2, 0.25) is 0 Å². The zero-order valence-electron chi connectivity index (χ0n) is 9.10. The van der Waals surface area contributed by atoms with E-state index in [1.165, 1.54) is 0 Å². The predicted octanol–water partition coefficient (Wildman–Crippen LogP) is -0.0795. The highest BCUT2D eigenvalue weighted by Crippen LogP contribution is 2.06. The molecule has 0 aliphatic carbocycles. The maximum atomic E-state index is 11.8. The van der Waals surface area contributed by atoms with E-state index >= 15 is 0 Å². The average Bonchev–Trinajstić information content (AvgIpc) is 2.61. The van der Waals surface area contributed by atoms with Gasteiger partial charge in [0.2, 0.25) is 10.0 Å². The van der Waals surface area contributed by atoms with Crippen LogP contribution < -0.4 is 15.3 Å². The minimum absolute atomic E-state index is 0.0280. The molecule has 17 heavy (non-hydrogen) atoms. The zero-order chi connectivity index (χ0) is 13.1. The van der Waals surface area contributed by atoms with E-state index in [1.54, 1.807) is 12.3 Å². The first kappa shape index (κ1) is 14.3. The summed E-state index contributed by atoms with van der Waals surface area (Å²) in [5.41, 5.74) is 5.88. The maximum absolute atomic E-state index is 11.8. The quantitative estimate of drug-likeness (QED) is 0.637. The Kier molecular flexibility index (Phi) is 4.80. The van der Waals surface area contributed by atoms with Crippen molar-refractivity contribution in [2.24, 2.45) is 5.73 Å². The summed E-state index contributed by atoms with van der Waals surface area (Å²) in [6.07, 6.45) is 0.310. The Morgan fingerprint density at radius 3 is 2.76 bits per heavy atom. The molecule has 0 spiro atoms. The largest absolute Gasteiger partial charge is 0.392 e. The summed E-state index contributed by atoms with van der Waals surface area (Å²) in [7, 11) is -3.59. The molecule has 1 atom stereocenters. The lowest BCUT2D eigenvalue weighted by Crippen LogP contribution is -2.41. The lowest BCUT2D eigenvalue weighted by molar-refractivity contribution is 0.573. The monoisotopic (exact) mass is 295 g/mol. The molecule has 0 saturated carbocycles. The maximum Gasteiger partial charge on any atom is 0.304 e. The number of sulfonamides is 1. The Morgan fingerprint density at radius 1 is 1.71 bits per heavy atom. The third-order valence-electron chi connectivity index (χ3n) is 2.10. The van der Waals surface area contributed by atoms with Gasteiger partial charge in [-0.1, -0.05) is 30.5 Å². The molecule has 1 unspecified atom stereocenters. The van der Waals surface area contributed by atoms with E-state index in [2.05, 4.69) is 9.71 Å². The van der Waals surface area contributed by atoms with Crippen molar-refractivity contribution in [2.45, 2.75) is 25.1 Å². The summed E-state index contributed by atoms with van der Waals surface area (Å²) in [5, 5.41) is 0.676. The molecule has 0 aliphatic rings. The van der Waals surface area contributed by atoms with Gasteiger partial charge in [-0.05, 0) is 6.42 Å². The standard InChI is InChI=1S/C8H13N3O3S3/c1-2-6(7(9)15)17(13,14)10-3-5-4-16-8(12)11-5/h4,6,10H,2-3H2,1H3,(H2,9,15)(H,11,12). The molecule has 0 aromatic carbocycles. The Bertz CT molecular complexity index is 546. The highest BCUT2D eigenvalue weighted by molar-refractivity contribution is 7.93. The second kappa shape index (κ2) is 5.71. The van der Waals surface area contributed by atoms with E-state index < -0.39 is 15.3 Å². The van der Waals surface area contributed by atoms with Gasteiger partial charge >= 0.3 is 4.87 Å². The van der Waals surface area contributed by atoms with Crippen molar-refractivity contribution < 1.29 is 8.42 Å². The topological polar surface area (TPSA) is 105 Å². The van der Waals surface area contributed by atoms with Crippen molar-refractivity contribution in [3.05, 3.63) is 20.7 Å². The van der Waals surface area contributed by atoms with Crippen LogP contribution in [0, 0.1) is 0 Å². The Morgan fingerprint density at radius 2 is 2.35 bits per heavy atom. The van der Waals surface area contributed by atoms with Crippen LogP contribution in [-0.2, 0) is 16.6 Å². The van der Waals surface area contributed by atoms with Gasteiger partial charge in [0, 0.05) is 11.1 Å². The van der Waals surface area contributed by atoms with Crippen LogP contribution in [-0.4, -0.2) is 23.6 Å². The minimum Gasteiger partial charge on any atom is -0.392 e. The van der Waals surface area contributed by atoms with Crippen LogP contribution in [0.15, 0.2) is 10.2 Å². The highest BCUT2D eigenvalue weighted by Gasteiger charge is 2.25. The Hall–Kier alpha value is -0.770. The van der Waals surface area contributed by atoms with Gasteiger partial charge in [-0.2, -0.15) is 0 Å². The van der Waals surface area contributed by atoms with E-state index in [4.69, 9.17) is 18.0 Å². The molecule has 1 heterocycles. The summed E-state index contributed by atoms with van der Waals surface area (Å²) in [5.74, 6) is 0. The summed E-state index contributed by atoms with van der Waals surface area (Å²) >= 11 is 5.68. The molecule has 0 saturated heterocycles. The van der Waals surface area contributed by atoms with Crippen LogP contribution in [0.3, 0.4) is 0 Å². The molecule has 0 bridgehead atoms. The molecule has 96 valence electrons. The van der Waals surface area contributed by atoms with E-state index in [0.717, 1.165) is 11.3 Å². The number of nitrogens with one attached hydrogen (secondary N) is 2. The van der Waals surface area contributed by atoms with Gasteiger partial charge in [0.05, 0.1) is 11.5 Å². The number of nitrogens with two attached hydrogens (primary N) is 1. The Labute approximate surface area is 108 Å². The van der Waals surface area contributed by atoms with E-state index in [-0.39, 0.29) is 16.4 Å². The van der Waals surface area contributed by atoms with Gasteiger partial charge in [-0.25, -0.2) is 13.1 Å². The Balaban J connectivity index is 2.73. The second-order valence-electron chi connectivity index (χ2n) is 3.34. The van der Waals surface area contributed by atoms with Gasteiger partial charge in [0.25, 0.3) is 0 Å². The number of thiazole rings is 1. The van der Waals surface area contributed by atoms with Crippen molar-refractivity contribution >= 4 is 38.6 Å². The summed E-state index contributed by atoms with van der Waals surface area (Å²) < 4.78 is 26.0. The van der Waals surface area contributed by atoms with E-state index in [1.807, 2.05) is 0 Å². The highest BCUT2D eigenvalue weighted by atomic mass is 32.2. The van der Waals surface area contributed by atoms with Gasteiger partial charge in [0.1, 0.15) is 5.25 Å². The fraction of sp³-hybridized carbons (Fsp3) is 0.500. The van der Waals surface area contributed by atoms with Crippen LogP contribution >= 0.6 is 23.6 Å². The second-order valence-corrected chi connectivity index (χ2v) is 6.60. The smallest absolute Gasteiger partial charge is 0.304 e. The van der Waals surface area contributed by atoms with Gasteiger partial charge in [-0.15, -0.1) is 0 Å². The number of aromatic nitrogens is 1. The zero-order valence-corrected chi connectivity index (χ0v) is 11.5. The summed E-state index contributed by atoms with van der Waals surface area (Å²) in [6, 6.07) is 0. The molecular weight excluding hydrogens is 282 g/mol. The molecule has 0 fully saturated rings. The lowest BCUT2D eigenvalue weighted by Gasteiger charge is -2.14. The first-order valence-electron chi connectivity index (χ1n) is 4.81. The molecule has 0 radical (unpaired) electrons. The molecule has 1 aromatic rings. The number of hydrogen-bond donors (Lipinski definition) is 3. The molecule has 1 aromatic heterocycles. The third kappa shape index (κ3) is 3.87. The first-order chi connectivity index (χ1) is 7.86. The molecular formula is C8H13N3O3S3. The van der Waals surface area contributed by atoms with Crippen LogP contribution in [0.25, 0.3) is 0 Å². The SMILES string of the molecule is CCC(C(N)=S)S(=O)(=O)NCc1csc(=O)[nH]1. The molecule has 4 N–H and O–H groups in total. The normalized spacial score (nSPS) is 13.5. The van der Waals surface area contributed by atoms with Crippen molar-refractivity contribution in [1.29, 1.82) is 0 Å². The van der Waals surface area contributed by atoms with E-state index in [0.29, 0.717) is 12.1 Å². The van der Waals surface area contributed by atoms with Crippen LogP contribution in [0.4, 0.5) is 0 Å². The molecule has 1 rings (SSSR count). The first-order valence-corrected chi connectivity index (χ1v) is 7.64. The van der Waals surface area contributed by atoms with Crippen molar-refractivity contribution in [3.8, 4) is 0 Å². The molecule has 9 heteroatoms. The molecule has 0 amide bonds. The fourth-order valence-corrected chi connectivity index (χ4v) is 3.68. The van der Waals surface area contributed by atoms with Crippen molar-refractivity contribution in [1.82, 2.24) is 9.71 Å². The van der Waals surface area contributed by atoms with Gasteiger partial charge in [-0.3, -0.25) is 4.79 Å². The third-order valence-corrected chi connectivity index (χ3v) is 5.13. The number of rotatable bonds is 6. The van der Waals surface area contributed by atoms with Gasteiger partial charge < -0.3 is 10.7 Å². The molecule has 6 nitrogen and oxygen atoms in total. The van der Waals surface area contributed by atoms with Crippen LogP contribution in [0.5, 0.6) is 0 Å². The fourth-order valence-electron chi connectivity index (χ4n) is 1.25. The number of H-pyrrole nitrogens is 1. The number of thiocarbonyl (C=S) groups is 1.